The summed E-state index contributed by atoms with van der Waals surface area (Å²) in [5, 5.41) is 0. The van der Waals surface area contributed by atoms with Crippen LogP contribution in [0.3, 0.4) is 0 Å². The maximum Gasteiger partial charge on any atom is 0.308 e. The second kappa shape index (κ2) is 4.37. The second-order valence-corrected chi connectivity index (χ2v) is 6.76. The lowest BCUT2D eigenvalue weighted by Gasteiger charge is -2.11. The minimum atomic E-state index is -3.56. The van der Waals surface area contributed by atoms with E-state index in [0.717, 1.165) is 14.0 Å². The van der Waals surface area contributed by atoms with Crippen molar-refractivity contribution in [3.05, 3.63) is 48.3 Å². The zero-order valence-electron chi connectivity index (χ0n) is 11.1. The van der Waals surface area contributed by atoms with Crippen molar-refractivity contribution in [3.63, 3.8) is 0 Å². The summed E-state index contributed by atoms with van der Waals surface area (Å²) in [4.78, 5) is 8.43. The van der Waals surface area contributed by atoms with E-state index in [2.05, 4.69) is 9.97 Å². The molecule has 1 aliphatic rings. The highest BCUT2D eigenvalue weighted by Gasteiger charge is 2.51. The molecular formula is C12H14N4O3S. The van der Waals surface area contributed by atoms with E-state index in [1.54, 1.807) is 6.20 Å². The highest BCUT2D eigenvalue weighted by molar-refractivity contribution is 7.87. The lowest BCUT2D eigenvalue weighted by Crippen LogP contribution is -2.27. The number of hydrogen-bond acceptors (Lipinski definition) is 5. The maximum atomic E-state index is 12.0. The maximum absolute atomic E-state index is 12.0. The van der Waals surface area contributed by atoms with E-state index in [4.69, 9.17) is 4.74 Å². The summed E-state index contributed by atoms with van der Waals surface area (Å²) in [6.07, 6.45) is 4.42. The summed E-state index contributed by atoms with van der Waals surface area (Å²) in [7, 11) is -0.620. The van der Waals surface area contributed by atoms with Crippen LogP contribution in [0.4, 0.5) is 0 Å². The topological polar surface area (TPSA) is 80.6 Å². The normalized spacial score (nSPS) is 22.1. The monoisotopic (exact) mass is 294 g/mol. The van der Waals surface area contributed by atoms with Gasteiger partial charge in [-0.25, -0.2) is 8.96 Å². The van der Waals surface area contributed by atoms with Gasteiger partial charge >= 0.3 is 10.2 Å². The second-order valence-electron chi connectivity index (χ2n) is 4.71. The SMILES string of the molecule is CN(C)S(=O)(=O)n1cnc(C2(c3ccccn3)CO2)c1. The van der Waals surface area contributed by atoms with E-state index in [1.165, 1.54) is 26.6 Å². The zero-order chi connectivity index (χ0) is 14.4. The third-order valence-corrected chi connectivity index (χ3v) is 4.87. The molecule has 8 heteroatoms. The molecule has 7 nitrogen and oxygen atoms in total. The van der Waals surface area contributed by atoms with E-state index in [1.807, 2.05) is 18.2 Å². The first-order valence-corrected chi connectivity index (χ1v) is 7.39. The minimum absolute atomic E-state index is 0.447. The highest BCUT2D eigenvalue weighted by atomic mass is 32.2. The number of aromatic nitrogens is 3. The molecule has 1 fully saturated rings. The zero-order valence-corrected chi connectivity index (χ0v) is 11.9. The summed E-state index contributed by atoms with van der Waals surface area (Å²) in [5.74, 6) is 0. The summed E-state index contributed by atoms with van der Waals surface area (Å²) >= 11 is 0. The Labute approximate surface area is 117 Å². The molecule has 2 aromatic heterocycles. The molecule has 1 aliphatic heterocycles. The summed E-state index contributed by atoms with van der Waals surface area (Å²) in [6.45, 7) is 0.447. The molecule has 3 rings (SSSR count). The molecule has 1 unspecified atom stereocenters. The van der Waals surface area contributed by atoms with Gasteiger partial charge in [0.05, 0.1) is 12.3 Å². The van der Waals surface area contributed by atoms with Crippen molar-refractivity contribution in [2.24, 2.45) is 0 Å². The Hall–Kier alpha value is -1.77. The molecule has 0 aliphatic carbocycles. The molecule has 0 spiro atoms. The molecule has 0 bridgehead atoms. The number of rotatable bonds is 4. The van der Waals surface area contributed by atoms with Crippen LogP contribution in [0, 0.1) is 0 Å². The molecule has 0 aromatic carbocycles. The molecular weight excluding hydrogens is 280 g/mol. The van der Waals surface area contributed by atoms with Gasteiger partial charge in [-0.15, -0.1) is 0 Å². The van der Waals surface area contributed by atoms with Crippen molar-refractivity contribution in [1.82, 2.24) is 18.2 Å². The fraction of sp³-hybridized carbons (Fsp3) is 0.333. The summed E-state index contributed by atoms with van der Waals surface area (Å²) in [5.41, 5.74) is 0.558. The average Bonchev–Trinajstić information content (AvgIpc) is 3.09. The molecule has 1 atom stereocenters. The van der Waals surface area contributed by atoms with Gasteiger partial charge in [0.15, 0.2) is 5.60 Å². The number of imidazole rings is 1. The number of hydrogen-bond donors (Lipinski definition) is 0. The van der Waals surface area contributed by atoms with Crippen LogP contribution in [-0.2, 0) is 20.5 Å². The minimum Gasteiger partial charge on any atom is -0.356 e. The number of pyridine rings is 1. The predicted octanol–water partition coefficient (Wildman–Crippen LogP) is 0.206. The van der Waals surface area contributed by atoms with E-state index < -0.39 is 15.8 Å². The van der Waals surface area contributed by atoms with Gasteiger partial charge < -0.3 is 4.74 Å². The molecule has 0 amide bonds. The lowest BCUT2D eigenvalue weighted by molar-refractivity contribution is 0.338. The van der Waals surface area contributed by atoms with Crippen LogP contribution in [-0.4, -0.2) is 47.4 Å². The third kappa shape index (κ3) is 1.92. The van der Waals surface area contributed by atoms with Crippen molar-refractivity contribution in [3.8, 4) is 0 Å². The van der Waals surface area contributed by atoms with E-state index >= 15 is 0 Å². The van der Waals surface area contributed by atoms with E-state index in [9.17, 15) is 8.42 Å². The summed E-state index contributed by atoms with van der Waals surface area (Å²) in [6, 6.07) is 5.51. The van der Waals surface area contributed by atoms with Gasteiger partial charge in [-0.05, 0) is 12.1 Å². The van der Waals surface area contributed by atoms with Crippen LogP contribution in [0.2, 0.25) is 0 Å². The molecule has 20 heavy (non-hydrogen) atoms. The lowest BCUT2D eigenvalue weighted by atomic mass is 10.0. The molecule has 0 N–H and O–H groups in total. The Kier molecular flexibility index (Phi) is 2.89. The Balaban J connectivity index is 2.00. The van der Waals surface area contributed by atoms with Crippen LogP contribution >= 0.6 is 0 Å². The van der Waals surface area contributed by atoms with Crippen LogP contribution in [0.1, 0.15) is 11.4 Å². The standard InChI is InChI=1S/C12H14N4O3S/c1-15(2)20(17,18)16-7-11(14-9-16)12(8-19-12)10-5-3-4-6-13-10/h3-7,9H,8H2,1-2H3. The number of ether oxygens (including phenoxy) is 1. The van der Waals surface area contributed by atoms with Gasteiger partial charge in [0.1, 0.15) is 12.0 Å². The summed E-state index contributed by atoms with van der Waals surface area (Å²) < 4.78 is 31.8. The van der Waals surface area contributed by atoms with Gasteiger partial charge in [0.25, 0.3) is 0 Å². The fourth-order valence-corrected chi connectivity index (χ4v) is 2.71. The smallest absolute Gasteiger partial charge is 0.308 e. The average molecular weight is 294 g/mol. The van der Waals surface area contributed by atoms with Gasteiger partial charge in [0, 0.05) is 26.5 Å². The quantitative estimate of drug-likeness (QED) is 0.753. The number of epoxide rings is 1. The first kappa shape index (κ1) is 13.2. The van der Waals surface area contributed by atoms with Crippen molar-refractivity contribution >= 4 is 10.2 Å². The number of nitrogens with zero attached hydrogens (tertiary/aromatic N) is 4. The van der Waals surface area contributed by atoms with E-state index in [-0.39, 0.29) is 0 Å². The fourth-order valence-electron chi connectivity index (χ4n) is 1.93. The molecule has 0 radical (unpaired) electrons. The van der Waals surface area contributed by atoms with Gasteiger partial charge in [-0.3, -0.25) is 4.98 Å². The van der Waals surface area contributed by atoms with Gasteiger partial charge in [0.2, 0.25) is 0 Å². The molecule has 2 aromatic rings. The molecule has 0 saturated carbocycles. The Morgan fingerprint density at radius 1 is 1.30 bits per heavy atom. The van der Waals surface area contributed by atoms with E-state index in [0.29, 0.717) is 12.3 Å². The Bertz CT molecular complexity index is 720. The van der Waals surface area contributed by atoms with Crippen LogP contribution in [0.15, 0.2) is 36.9 Å². The van der Waals surface area contributed by atoms with Gasteiger partial charge in [-0.2, -0.15) is 12.7 Å². The van der Waals surface area contributed by atoms with Crippen molar-refractivity contribution in [2.45, 2.75) is 5.60 Å². The third-order valence-electron chi connectivity index (χ3n) is 3.21. The largest absolute Gasteiger partial charge is 0.356 e. The van der Waals surface area contributed by atoms with Crippen molar-refractivity contribution in [2.75, 3.05) is 20.7 Å². The van der Waals surface area contributed by atoms with Crippen LogP contribution in [0.25, 0.3) is 0 Å². The molecule has 1 saturated heterocycles. The van der Waals surface area contributed by atoms with Crippen LogP contribution < -0.4 is 0 Å². The first-order chi connectivity index (χ1) is 9.47. The first-order valence-electron chi connectivity index (χ1n) is 6.00. The Morgan fingerprint density at radius 3 is 2.60 bits per heavy atom. The van der Waals surface area contributed by atoms with Crippen molar-refractivity contribution < 1.29 is 13.2 Å². The Morgan fingerprint density at radius 2 is 2.05 bits per heavy atom. The molecule has 106 valence electrons. The highest BCUT2D eigenvalue weighted by Crippen LogP contribution is 2.43. The van der Waals surface area contributed by atoms with Gasteiger partial charge in [-0.1, -0.05) is 6.07 Å². The molecule has 3 heterocycles. The predicted molar refractivity (Wildman–Crippen MR) is 71.2 cm³/mol. The van der Waals surface area contributed by atoms with Crippen molar-refractivity contribution in [1.29, 1.82) is 0 Å². The van der Waals surface area contributed by atoms with Crippen LogP contribution in [0.5, 0.6) is 0 Å².